The predicted molar refractivity (Wildman–Crippen MR) is 56.5 cm³/mol. The minimum Gasteiger partial charge on any atom is -0.250 e. The Morgan fingerprint density at radius 1 is 1.62 bits per heavy atom. The Hall–Kier alpha value is -0.810. The summed E-state index contributed by atoms with van der Waals surface area (Å²) in [5, 5.41) is 0. The van der Waals surface area contributed by atoms with Crippen LogP contribution in [-0.4, -0.2) is 6.67 Å². The van der Waals surface area contributed by atoms with Gasteiger partial charge in [0.25, 0.3) is 0 Å². The average Bonchev–Trinajstić information content (AvgIpc) is 2.16. The molecule has 68 valence electrons. The van der Waals surface area contributed by atoms with Crippen LogP contribution in [0.5, 0.6) is 0 Å². The van der Waals surface area contributed by atoms with Gasteiger partial charge in [-0.05, 0) is 27.6 Å². The highest BCUT2D eigenvalue weighted by Crippen LogP contribution is 2.25. The maximum atomic E-state index is 12.4. The van der Waals surface area contributed by atoms with Crippen LogP contribution in [0.15, 0.2) is 22.7 Å². The van der Waals surface area contributed by atoms with Crippen molar-refractivity contribution in [2.24, 2.45) is 0 Å². The molecule has 0 heterocycles. The van der Waals surface area contributed by atoms with Crippen molar-refractivity contribution in [1.82, 2.24) is 0 Å². The van der Waals surface area contributed by atoms with Gasteiger partial charge in [0.05, 0.1) is 6.67 Å². The van der Waals surface area contributed by atoms with Crippen molar-refractivity contribution in [1.29, 1.82) is 0 Å². The van der Waals surface area contributed by atoms with E-state index in [1.807, 2.05) is 25.1 Å². The van der Waals surface area contributed by atoms with Crippen LogP contribution in [0.25, 0.3) is 0 Å². The molecule has 0 aliphatic heterocycles. The number of hydrogen-bond acceptors (Lipinski definition) is 0. The summed E-state index contributed by atoms with van der Waals surface area (Å²) in [6.07, 6.45) is 5.34. The van der Waals surface area contributed by atoms with Crippen molar-refractivity contribution in [3.63, 3.8) is 0 Å². The van der Waals surface area contributed by atoms with E-state index in [0.717, 1.165) is 15.6 Å². The molecule has 0 aliphatic carbocycles. The SMILES string of the molecule is C#Cc1c(Br)cccc1C(C)CF. The topological polar surface area (TPSA) is 0 Å². The molecule has 0 bridgehead atoms. The zero-order chi connectivity index (χ0) is 9.84. The third kappa shape index (κ3) is 2.10. The quantitative estimate of drug-likeness (QED) is 0.695. The van der Waals surface area contributed by atoms with Gasteiger partial charge in [0.2, 0.25) is 0 Å². The summed E-state index contributed by atoms with van der Waals surface area (Å²) in [7, 11) is 0. The van der Waals surface area contributed by atoms with Crippen molar-refractivity contribution >= 4 is 15.9 Å². The van der Waals surface area contributed by atoms with Gasteiger partial charge in [-0.2, -0.15) is 0 Å². The molecule has 0 fully saturated rings. The number of rotatable bonds is 2. The Labute approximate surface area is 86.3 Å². The molecule has 0 saturated carbocycles. The van der Waals surface area contributed by atoms with Crippen LogP contribution >= 0.6 is 15.9 Å². The Kier molecular flexibility index (Phi) is 3.50. The van der Waals surface area contributed by atoms with Gasteiger partial charge in [-0.15, -0.1) is 6.42 Å². The molecular formula is C11H10BrF. The van der Waals surface area contributed by atoms with E-state index in [4.69, 9.17) is 6.42 Å². The van der Waals surface area contributed by atoms with E-state index in [0.29, 0.717) is 0 Å². The molecule has 1 aromatic carbocycles. The summed E-state index contributed by atoms with van der Waals surface area (Å²) < 4.78 is 13.3. The number of benzene rings is 1. The molecule has 1 rings (SSSR count). The summed E-state index contributed by atoms with van der Waals surface area (Å²) in [6.45, 7) is 1.44. The van der Waals surface area contributed by atoms with Gasteiger partial charge >= 0.3 is 0 Å². The van der Waals surface area contributed by atoms with E-state index in [1.54, 1.807) is 0 Å². The molecule has 0 spiro atoms. The predicted octanol–water partition coefficient (Wildman–Crippen LogP) is 3.50. The summed E-state index contributed by atoms with van der Waals surface area (Å²) in [5.74, 6) is 2.43. The smallest absolute Gasteiger partial charge is 0.0960 e. The van der Waals surface area contributed by atoms with Gasteiger partial charge in [-0.25, -0.2) is 0 Å². The second-order valence-corrected chi connectivity index (χ2v) is 3.76. The van der Waals surface area contributed by atoms with Gasteiger partial charge in [0.15, 0.2) is 0 Å². The number of terminal acetylenes is 1. The minimum absolute atomic E-state index is 0.136. The molecule has 13 heavy (non-hydrogen) atoms. The first-order chi connectivity index (χ1) is 6.20. The first-order valence-corrected chi connectivity index (χ1v) is 4.81. The van der Waals surface area contributed by atoms with Crippen molar-refractivity contribution in [3.05, 3.63) is 33.8 Å². The lowest BCUT2D eigenvalue weighted by Crippen LogP contribution is -1.99. The first kappa shape index (κ1) is 10.3. The van der Waals surface area contributed by atoms with Crippen molar-refractivity contribution < 1.29 is 4.39 Å². The Balaban J connectivity index is 3.22. The highest BCUT2D eigenvalue weighted by molar-refractivity contribution is 9.10. The lowest BCUT2D eigenvalue weighted by Gasteiger charge is -2.10. The van der Waals surface area contributed by atoms with Crippen LogP contribution in [0.1, 0.15) is 24.0 Å². The van der Waals surface area contributed by atoms with Crippen molar-refractivity contribution in [3.8, 4) is 12.3 Å². The van der Waals surface area contributed by atoms with Crippen LogP contribution in [0.4, 0.5) is 4.39 Å². The fourth-order valence-electron chi connectivity index (χ4n) is 1.19. The standard InChI is InChI=1S/C11H10BrF/c1-3-9-10(8(2)7-13)5-4-6-11(9)12/h1,4-6,8H,7H2,2H3. The zero-order valence-corrected chi connectivity index (χ0v) is 8.94. The first-order valence-electron chi connectivity index (χ1n) is 4.01. The Morgan fingerprint density at radius 2 is 2.31 bits per heavy atom. The Morgan fingerprint density at radius 3 is 2.85 bits per heavy atom. The van der Waals surface area contributed by atoms with Gasteiger partial charge in [0, 0.05) is 16.0 Å². The fraction of sp³-hybridized carbons (Fsp3) is 0.273. The highest BCUT2D eigenvalue weighted by atomic mass is 79.9. The highest BCUT2D eigenvalue weighted by Gasteiger charge is 2.10. The molecule has 0 aliphatic rings. The molecule has 0 N–H and O–H groups in total. The van der Waals surface area contributed by atoms with E-state index in [9.17, 15) is 4.39 Å². The molecule has 1 atom stereocenters. The molecule has 0 aromatic heterocycles. The second kappa shape index (κ2) is 4.43. The van der Waals surface area contributed by atoms with E-state index in [-0.39, 0.29) is 12.6 Å². The lowest BCUT2D eigenvalue weighted by atomic mass is 9.97. The van der Waals surface area contributed by atoms with E-state index in [1.165, 1.54) is 0 Å². The van der Waals surface area contributed by atoms with Crippen molar-refractivity contribution in [2.75, 3.05) is 6.67 Å². The van der Waals surface area contributed by atoms with Crippen LogP contribution in [0.2, 0.25) is 0 Å². The van der Waals surface area contributed by atoms with E-state index < -0.39 is 0 Å². The molecule has 0 amide bonds. The van der Waals surface area contributed by atoms with Crippen LogP contribution in [-0.2, 0) is 0 Å². The van der Waals surface area contributed by atoms with Gasteiger partial charge < -0.3 is 0 Å². The van der Waals surface area contributed by atoms with Crippen LogP contribution < -0.4 is 0 Å². The molecular weight excluding hydrogens is 231 g/mol. The maximum absolute atomic E-state index is 12.4. The molecule has 0 radical (unpaired) electrons. The van der Waals surface area contributed by atoms with Crippen LogP contribution in [0.3, 0.4) is 0 Å². The Bertz CT molecular complexity index is 338. The zero-order valence-electron chi connectivity index (χ0n) is 7.35. The third-order valence-electron chi connectivity index (χ3n) is 1.95. The van der Waals surface area contributed by atoms with Gasteiger partial charge in [-0.3, -0.25) is 4.39 Å². The van der Waals surface area contributed by atoms with Crippen molar-refractivity contribution in [2.45, 2.75) is 12.8 Å². The normalized spacial score (nSPS) is 12.2. The summed E-state index contributed by atoms with van der Waals surface area (Å²) in [5.41, 5.74) is 1.65. The average molecular weight is 241 g/mol. The van der Waals surface area contributed by atoms with Crippen LogP contribution in [0, 0.1) is 12.3 Å². The summed E-state index contributed by atoms with van der Waals surface area (Å²) in [6, 6.07) is 5.60. The second-order valence-electron chi connectivity index (χ2n) is 2.90. The molecule has 1 aromatic rings. The van der Waals surface area contributed by atoms with Gasteiger partial charge in [-0.1, -0.05) is 25.0 Å². The number of halogens is 2. The summed E-state index contributed by atoms with van der Waals surface area (Å²) >= 11 is 3.34. The largest absolute Gasteiger partial charge is 0.250 e. The van der Waals surface area contributed by atoms with E-state index in [2.05, 4.69) is 21.9 Å². The molecule has 2 heteroatoms. The number of alkyl halides is 1. The third-order valence-corrected chi connectivity index (χ3v) is 2.61. The lowest BCUT2D eigenvalue weighted by molar-refractivity contribution is 0.447. The van der Waals surface area contributed by atoms with Gasteiger partial charge in [0.1, 0.15) is 0 Å². The molecule has 0 saturated heterocycles. The summed E-state index contributed by atoms with van der Waals surface area (Å²) in [4.78, 5) is 0. The number of hydrogen-bond donors (Lipinski definition) is 0. The molecule has 0 nitrogen and oxygen atoms in total. The molecule has 1 unspecified atom stereocenters. The maximum Gasteiger partial charge on any atom is 0.0960 e. The monoisotopic (exact) mass is 240 g/mol. The van der Waals surface area contributed by atoms with E-state index >= 15 is 0 Å². The fourth-order valence-corrected chi connectivity index (χ4v) is 1.68. The minimum atomic E-state index is -0.384.